The molecule has 45 heteroatoms. The third-order valence-electron chi connectivity index (χ3n) is 10.9. The van der Waals surface area contributed by atoms with Gasteiger partial charge in [-0.3, -0.25) is 42.0 Å². The van der Waals surface area contributed by atoms with Crippen LogP contribution in [0.5, 0.6) is 17.2 Å². The molecule has 0 saturated carbocycles. The van der Waals surface area contributed by atoms with Crippen LogP contribution in [0.15, 0.2) is 154 Å². The number of carboxylic acids is 1. The van der Waals surface area contributed by atoms with E-state index < -0.39 is 217 Å². The molecule has 0 aliphatic carbocycles. The fraction of sp³-hybridized carbons (Fsp3) is 0. The number of hydrogen-bond acceptors (Lipinski definition) is 29. The number of nitro benzene ring substituents is 1. The first-order chi connectivity index (χ1) is 38.4. The number of non-ortho nitro benzene ring substituents is 1. The number of aromatic carboxylic acids is 1. The molecule has 0 bridgehead atoms. The van der Waals surface area contributed by atoms with Gasteiger partial charge in [0.1, 0.15) is 85.4 Å². The highest BCUT2D eigenvalue weighted by atomic mass is 32.2. The minimum atomic E-state index is -5.88. The number of carbonyl (C=O) groups is 1. The largest absolute Gasteiger partial charge is 0.507 e. The summed E-state index contributed by atoms with van der Waals surface area (Å²) in [5, 5.41) is 76.5. The molecule has 38 nitrogen and oxygen atoms in total. The first kappa shape index (κ1) is 62.5. The lowest BCUT2D eigenvalue weighted by atomic mass is 10.0. The molecule has 84 heavy (non-hydrogen) atoms. The summed E-state index contributed by atoms with van der Waals surface area (Å²) in [5.74, 6) is -5.60. The van der Waals surface area contributed by atoms with Crippen LogP contribution >= 0.6 is 0 Å². The smallest absolute Gasteiger partial charge is 0.339 e. The van der Waals surface area contributed by atoms with Gasteiger partial charge in [-0.05, 0) is 66.7 Å². The number of nitrogen functional groups attached to an aromatic ring is 1. The Morgan fingerprint density at radius 3 is 1.35 bits per heavy atom. The number of nitrogens with zero attached hydrogens (tertiary/aromatic N) is 9. The summed E-state index contributed by atoms with van der Waals surface area (Å²) >= 11 is 0. The van der Waals surface area contributed by atoms with Crippen LogP contribution in [0.1, 0.15) is 10.4 Å². The molecule has 7 aromatic rings. The molecule has 0 aliphatic heterocycles. The van der Waals surface area contributed by atoms with Crippen molar-refractivity contribution >= 4 is 155 Å². The fourth-order valence-corrected chi connectivity index (χ4v) is 12.0. The number of rotatable bonds is 17. The van der Waals surface area contributed by atoms with E-state index in [0.717, 1.165) is 12.1 Å². The lowest BCUT2D eigenvalue weighted by molar-refractivity contribution is -0.385. The molecule has 442 valence electrons. The van der Waals surface area contributed by atoms with Crippen LogP contribution < -0.4 is 5.73 Å². The van der Waals surface area contributed by atoms with Crippen LogP contribution in [0.3, 0.4) is 0 Å². The molecule has 0 aliphatic rings. The topological polar surface area (TPSA) is 647 Å². The number of carboxylic acid groups (broad SMARTS) is 1. The highest BCUT2D eigenvalue weighted by molar-refractivity contribution is 7.87. The second kappa shape index (κ2) is 21.6. The number of phenolic OH excluding ortho intramolecular Hbond substituents is 2. The molecule has 0 unspecified atom stereocenters. The minimum Gasteiger partial charge on any atom is -0.507 e. The summed E-state index contributed by atoms with van der Waals surface area (Å²) in [6.45, 7) is 0. The van der Waals surface area contributed by atoms with Gasteiger partial charge in [-0.1, -0.05) is 0 Å². The van der Waals surface area contributed by atoms with Crippen molar-refractivity contribution in [2.24, 2.45) is 40.9 Å². The number of fused-ring (bicyclic) bond motifs is 2. The van der Waals surface area contributed by atoms with Crippen LogP contribution in [-0.4, -0.2) is 122 Å². The number of azo groups is 4. The standard InChI is InChI=1S/C39H26N10O28S7/c40-33-24(13-26(78(57,58)59)19-10-31(83(72,73)74)35(37(52)32(19)33)48-42-20-4-2-15(49(55)56)8-27(20)79(60,61)62)46-43-21-5-3-16-17(38(21)84(75,76)77)9-30(82(69,70)71)34(36(16)51)47-45-23-12-28(80(63,64)65)22(11-29(23)81(66,67)68)44-41-14-1-6-25(50)18(7-14)39(53)54/h1-13,50-52H,40H2,(H,53,54)(H,57,58,59)(H,60,61,62)(H,63,64,65)(H,66,67,68)(H,69,70,71)(H,72,73,74)(H,75,76,77). The van der Waals surface area contributed by atoms with Gasteiger partial charge in [0.2, 0.25) is 0 Å². The van der Waals surface area contributed by atoms with Crippen molar-refractivity contribution in [2.45, 2.75) is 34.3 Å². The molecule has 13 N–H and O–H groups in total. The number of nitro groups is 1. The number of aromatic hydroxyl groups is 3. The predicted molar refractivity (Wildman–Crippen MR) is 276 cm³/mol. The summed E-state index contributed by atoms with van der Waals surface area (Å²) in [4.78, 5) is 11.1. The minimum absolute atomic E-state index is 0.132. The Hall–Kier alpha value is -9.10. The van der Waals surface area contributed by atoms with Gasteiger partial charge in [-0.25, -0.2) is 4.79 Å². The van der Waals surface area contributed by atoms with Gasteiger partial charge >= 0.3 is 5.97 Å². The van der Waals surface area contributed by atoms with E-state index in [1.54, 1.807) is 0 Å². The molecular weight excluding hydrogens is 1280 g/mol. The van der Waals surface area contributed by atoms with Gasteiger partial charge in [0.15, 0.2) is 11.5 Å². The Morgan fingerprint density at radius 2 is 0.857 bits per heavy atom. The Bertz CT molecular complexity index is 5100. The van der Waals surface area contributed by atoms with E-state index >= 15 is 0 Å². The molecule has 0 amide bonds. The summed E-state index contributed by atoms with van der Waals surface area (Å²) in [5.41, 5.74) is -5.56. The summed E-state index contributed by atoms with van der Waals surface area (Å²) in [7, 11) is -39.8. The monoisotopic (exact) mass is 1310 g/mol. The van der Waals surface area contributed by atoms with E-state index in [-0.39, 0.29) is 36.4 Å². The van der Waals surface area contributed by atoms with Crippen molar-refractivity contribution in [1.29, 1.82) is 0 Å². The van der Waals surface area contributed by atoms with Crippen molar-refractivity contribution in [1.82, 2.24) is 0 Å². The zero-order valence-electron chi connectivity index (χ0n) is 39.8. The average Bonchev–Trinajstić information content (AvgIpc) is 0.942. The highest BCUT2D eigenvalue weighted by Gasteiger charge is 2.32. The molecule has 0 heterocycles. The molecular formula is C39H26N10O28S7. The molecule has 0 saturated heterocycles. The van der Waals surface area contributed by atoms with Crippen molar-refractivity contribution in [3.8, 4) is 17.2 Å². The quantitative estimate of drug-likeness (QED) is 0.0148. The van der Waals surface area contributed by atoms with E-state index in [0.29, 0.717) is 30.3 Å². The van der Waals surface area contributed by atoms with Crippen LogP contribution in [0.25, 0.3) is 21.5 Å². The summed E-state index contributed by atoms with van der Waals surface area (Å²) in [6.07, 6.45) is 0. The summed E-state index contributed by atoms with van der Waals surface area (Å²) in [6, 6.07) is 6.06. The van der Waals surface area contributed by atoms with Crippen LogP contribution in [0.2, 0.25) is 0 Å². The van der Waals surface area contributed by atoms with E-state index in [1.807, 2.05) is 0 Å². The fourth-order valence-electron chi connectivity index (χ4n) is 7.32. The van der Waals surface area contributed by atoms with Gasteiger partial charge in [0.25, 0.3) is 76.5 Å². The van der Waals surface area contributed by atoms with Crippen molar-refractivity contribution in [2.75, 3.05) is 5.73 Å². The molecule has 0 radical (unpaired) electrons. The lowest BCUT2D eigenvalue weighted by Crippen LogP contribution is -2.04. The van der Waals surface area contributed by atoms with Crippen LogP contribution in [-0.2, 0) is 70.8 Å². The number of hydrogen-bond donors (Lipinski definition) is 12. The first-order valence-electron chi connectivity index (χ1n) is 20.9. The normalized spacial score (nSPS) is 13.3. The molecule has 7 rings (SSSR count). The third kappa shape index (κ3) is 12.8. The first-order valence-corrected chi connectivity index (χ1v) is 31.0. The number of phenols is 3. The molecule has 0 atom stereocenters. The maximum absolute atomic E-state index is 13.1. The second-order valence-corrected chi connectivity index (χ2v) is 25.9. The maximum atomic E-state index is 13.1. The molecule has 7 aromatic carbocycles. The van der Waals surface area contributed by atoms with Crippen molar-refractivity contribution < 1.29 is 121 Å². The van der Waals surface area contributed by atoms with Crippen LogP contribution in [0.4, 0.5) is 56.9 Å². The van der Waals surface area contributed by atoms with Gasteiger partial charge in [-0.15, -0.1) is 35.8 Å². The number of benzene rings is 7. The number of anilines is 1. The van der Waals surface area contributed by atoms with Gasteiger partial charge < -0.3 is 26.2 Å². The molecule has 0 aromatic heterocycles. The van der Waals surface area contributed by atoms with E-state index in [4.69, 9.17) is 5.73 Å². The highest BCUT2D eigenvalue weighted by Crippen LogP contribution is 2.50. The van der Waals surface area contributed by atoms with Crippen molar-refractivity contribution in [3.63, 3.8) is 0 Å². The summed E-state index contributed by atoms with van der Waals surface area (Å²) < 4.78 is 248. The SMILES string of the molecule is Nc1c(N=Nc2ccc3c(O)c(N=Nc4cc(S(=O)(=O)O)c(N=Nc5ccc(O)c(C(=O)O)c5)cc4S(=O)(=O)O)c(S(=O)(=O)O)cc3c2S(=O)(=O)O)cc(S(=O)(=O)O)c2cc(S(=O)(=O)O)c(N=Nc3ccc([N+](=O)[O-])cc3S(=O)(=O)O)c(O)c12. The predicted octanol–water partition coefficient (Wildman–Crippen LogP) is 6.69. The maximum Gasteiger partial charge on any atom is 0.339 e. The Balaban J connectivity index is 1.42. The zero-order chi connectivity index (χ0) is 62.9. The van der Waals surface area contributed by atoms with Gasteiger partial charge in [0.05, 0.1) is 21.7 Å². The Kier molecular flexibility index (Phi) is 16.1. The van der Waals surface area contributed by atoms with E-state index in [2.05, 4.69) is 40.9 Å². The Labute approximate surface area is 466 Å². The number of nitrogens with two attached hydrogens (primary N) is 1. The van der Waals surface area contributed by atoms with Gasteiger partial charge in [0, 0.05) is 28.3 Å². The van der Waals surface area contributed by atoms with Crippen LogP contribution in [0, 0.1) is 10.1 Å². The lowest BCUT2D eigenvalue weighted by Gasteiger charge is -2.15. The molecule has 0 fully saturated rings. The zero-order valence-corrected chi connectivity index (χ0v) is 45.5. The second-order valence-electron chi connectivity index (χ2n) is 16.2. The van der Waals surface area contributed by atoms with E-state index in [9.17, 15) is 126 Å². The Morgan fingerprint density at radius 1 is 0.429 bits per heavy atom. The molecule has 0 spiro atoms. The van der Waals surface area contributed by atoms with Gasteiger partial charge in [-0.2, -0.15) is 64.0 Å². The van der Waals surface area contributed by atoms with Crippen molar-refractivity contribution in [3.05, 3.63) is 94.5 Å². The average molecular weight is 1310 g/mol. The third-order valence-corrected chi connectivity index (χ3v) is 17.1. The van der Waals surface area contributed by atoms with E-state index in [1.165, 1.54) is 0 Å².